The van der Waals surface area contributed by atoms with Crippen molar-refractivity contribution in [1.82, 2.24) is 10.2 Å². The van der Waals surface area contributed by atoms with Gasteiger partial charge in [0.2, 0.25) is 0 Å². The van der Waals surface area contributed by atoms with Crippen LogP contribution in [0.2, 0.25) is 0 Å². The van der Waals surface area contributed by atoms with E-state index in [9.17, 15) is 13.2 Å². The van der Waals surface area contributed by atoms with Gasteiger partial charge in [-0.05, 0) is 35.1 Å². The van der Waals surface area contributed by atoms with Crippen LogP contribution in [0.3, 0.4) is 0 Å². The topological polar surface area (TPSA) is 96.5 Å². The van der Waals surface area contributed by atoms with Crippen LogP contribution in [-0.4, -0.2) is 21.6 Å². The van der Waals surface area contributed by atoms with E-state index in [1.165, 1.54) is 19.2 Å². The Hall–Kier alpha value is -2.84. The third kappa shape index (κ3) is 5.61. The maximum Gasteiger partial charge on any atom is 0.333 e. The molecule has 3 N–H and O–H groups in total. The van der Waals surface area contributed by atoms with Crippen molar-refractivity contribution in [2.75, 3.05) is 12.4 Å². The van der Waals surface area contributed by atoms with Crippen LogP contribution in [0.15, 0.2) is 53.9 Å². The van der Waals surface area contributed by atoms with Gasteiger partial charge in [-0.15, -0.1) is 0 Å². The molecular formula is C22H29N3O4S. The summed E-state index contributed by atoms with van der Waals surface area (Å²) in [5, 5.41) is 2.75. The Balaban J connectivity index is 2.29. The molecule has 0 saturated carbocycles. The Morgan fingerprint density at radius 2 is 1.57 bits per heavy atom. The molecule has 0 unspecified atom stereocenters. The van der Waals surface area contributed by atoms with Gasteiger partial charge >= 0.3 is 6.03 Å². The van der Waals surface area contributed by atoms with Crippen molar-refractivity contribution in [2.24, 2.45) is 0 Å². The van der Waals surface area contributed by atoms with Crippen molar-refractivity contribution >= 4 is 27.4 Å². The summed E-state index contributed by atoms with van der Waals surface area (Å²) in [6, 6.07) is 11.0. The SMILES string of the molecule is C=C(NOC)c1cccc(S(=O)(=O)NC(=O)Nc2c(C(C)C)cccc2C(C)C)c1. The molecule has 162 valence electrons. The highest BCUT2D eigenvalue weighted by atomic mass is 32.2. The fourth-order valence-electron chi connectivity index (χ4n) is 3.05. The minimum Gasteiger partial charge on any atom is -0.307 e. The first-order valence-corrected chi connectivity index (χ1v) is 11.1. The molecule has 0 aromatic heterocycles. The second-order valence-electron chi connectivity index (χ2n) is 7.49. The number of anilines is 1. The predicted octanol–water partition coefficient (Wildman–Crippen LogP) is 4.57. The number of carbonyl (C=O) groups is 1. The van der Waals surface area contributed by atoms with Crippen molar-refractivity contribution < 1.29 is 18.0 Å². The second-order valence-corrected chi connectivity index (χ2v) is 9.18. The van der Waals surface area contributed by atoms with Crippen molar-refractivity contribution in [3.8, 4) is 0 Å². The van der Waals surface area contributed by atoms with E-state index < -0.39 is 16.1 Å². The molecule has 0 aliphatic heterocycles. The average molecular weight is 432 g/mol. The van der Waals surface area contributed by atoms with Gasteiger partial charge in [-0.2, -0.15) is 0 Å². The van der Waals surface area contributed by atoms with E-state index >= 15 is 0 Å². The van der Waals surface area contributed by atoms with Crippen LogP contribution >= 0.6 is 0 Å². The number of hydrogen-bond acceptors (Lipinski definition) is 5. The first-order valence-electron chi connectivity index (χ1n) is 9.61. The third-order valence-corrected chi connectivity index (χ3v) is 5.89. The molecule has 0 atom stereocenters. The summed E-state index contributed by atoms with van der Waals surface area (Å²) in [7, 11) is -2.66. The summed E-state index contributed by atoms with van der Waals surface area (Å²) in [5.74, 6) is 0.318. The molecule has 30 heavy (non-hydrogen) atoms. The Morgan fingerprint density at radius 3 is 2.10 bits per heavy atom. The summed E-state index contributed by atoms with van der Waals surface area (Å²) in [6.45, 7) is 11.9. The molecule has 8 heteroatoms. The van der Waals surface area contributed by atoms with Gasteiger partial charge in [-0.1, -0.05) is 64.6 Å². The predicted molar refractivity (Wildman–Crippen MR) is 120 cm³/mol. The largest absolute Gasteiger partial charge is 0.333 e. The monoisotopic (exact) mass is 431 g/mol. The van der Waals surface area contributed by atoms with E-state index in [0.29, 0.717) is 16.9 Å². The lowest BCUT2D eigenvalue weighted by Gasteiger charge is -2.20. The number of hydroxylamine groups is 1. The molecule has 0 saturated heterocycles. The zero-order valence-electron chi connectivity index (χ0n) is 17.9. The van der Waals surface area contributed by atoms with Crippen LogP contribution in [0.4, 0.5) is 10.5 Å². The van der Waals surface area contributed by atoms with Gasteiger partial charge in [0.15, 0.2) is 0 Å². The van der Waals surface area contributed by atoms with E-state index in [0.717, 1.165) is 11.1 Å². The van der Waals surface area contributed by atoms with Crippen molar-refractivity contribution in [2.45, 2.75) is 44.4 Å². The number of amides is 2. The number of benzene rings is 2. The van der Waals surface area contributed by atoms with E-state index in [-0.39, 0.29) is 16.7 Å². The van der Waals surface area contributed by atoms with Crippen LogP contribution in [0.1, 0.15) is 56.2 Å². The van der Waals surface area contributed by atoms with Crippen LogP contribution in [-0.2, 0) is 14.9 Å². The van der Waals surface area contributed by atoms with Gasteiger partial charge in [-0.3, -0.25) is 10.3 Å². The minimum absolute atomic E-state index is 0.0598. The summed E-state index contributed by atoms with van der Waals surface area (Å²) in [6.07, 6.45) is 0. The number of urea groups is 1. The second kappa shape index (κ2) is 9.77. The molecule has 2 rings (SSSR count). The van der Waals surface area contributed by atoms with Gasteiger partial charge in [0.05, 0.1) is 17.7 Å². The minimum atomic E-state index is -4.09. The summed E-state index contributed by atoms with van der Waals surface area (Å²) >= 11 is 0. The van der Waals surface area contributed by atoms with Crippen molar-refractivity contribution in [3.05, 3.63) is 65.7 Å². The molecule has 2 aromatic rings. The van der Waals surface area contributed by atoms with Crippen LogP contribution in [0, 0.1) is 0 Å². The van der Waals surface area contributed by atoms with Gasteiger partial charge in [0.1, 0.15) is 0 Å². The normalized spacial score (nSPS) is 11.4. The highest BCUT2D eigenvalue weighted by Crippen LogP contribution is 2.32. The molecule has 0 radical (unpaired) electrons. The molecule has 2 aromatic carbocycles. The third-order valence-electron chi connectivity index (χ3n) is 4.56. The lowest BCUT2D eigenvalue weighted by molar-refractivity contribution is 0.137. The molecule has 0 fully saturated rings. The molecule has 2 amide bonds. The van der Waals surface area contributed by atoms with E-state index in [1.54, 1.807) is 12.1 Å². The quantitative estimate of drug-likeness (QED) is 0.532. The standard InChI is InChI=1S/C22H29N3O4S/c1-14(2)19-11-8-12-20(15(3)4)21(19)23-22(26)25-30(27,28)18-10-7-9-17(13-18)16(5)24-29-6/h7-15,24H,5H2,1-4,6H3,(H2,23,25,26). The molecule has 0 heterocycles. The number of rotatable bonds is 8. The highest BCUT2D eigenvalue weighted by molar-refractivity contribution is 7.90. The maximum absolute atomic E-state index is 12.7. The molecule has 0 spiro atoms. The number of sulfonamides is 1. The maximum atomic E-state index is 12.7. The highest BCUT2D eigenvalue weighted by Gasteiger charge is 2.21. The first-order chi connectivity index (χ1) is 14.1. The Kier molecular flexibility index (Phi) is 7.64. The number of para-hydroxylation sites is 1. The lowest BCUT2D eigenvalue weighted by atomic mass is 9.93. The Morgan fingerprint density at radius 1 is 1.00 bits per heavy atom. The van der Waals surface area contributed by atoms with Crippen molar-refractivity contribution in [1.29, 1.82) is 0 Å². The molecule has 0 bridgehead atoms. The van der Waals surface area contributed by atoms with E-state index in [2.05, 4.69) is 22.1 Å². The zero-order valence-corrected chi connectivity index (χ0v) is 18.8. The van der Waals surface area contributed by atoms with Gasteiger partial charge in [0.25, 0.3) is 10.0 Å². The molecule has 7 nitrogen and oxygen atoms in total. The Labute approximate surface area is 178 Å². The summed E-state index contributed by atoms with van der Waals surface area (Å²) in [4.78, 5) is 17.4. The number of nitrogens with one attached hydrogen (secondary N) is 3. The molecular weight excluding hydrogens is 402 g/mol. The number of hydrogen-bond donors (Lipinski definition) is 3. The van der Waals surface area contributed by atoms with Crippen LogP contribution in [0.25, 0.3) is 5.70 Å². The smallest absolute Gasteiger partial charge is 0.307 e. The summed E-state index contributed by atoms with van der Waals surface area (Å²) < 4.78 is 27.6. The van der Waals surface area contributed by atoms with Gasteiger partial charge in [-0.25, -0.2) is 17.9 Å². The summed E-state index contributed by atoms with van der Waals surface area (Å²) in [5.41, 5.74) is 6.00. The fourth-order valence-corrected chi connectivity index (χ4v) is 4.00. The first kappa shape index (κ1) is 23.4. The molecule has 0 aliphatic rings. The fraction of sp³-hybridized carbons (Fsp3) is 0.318. The van der Waals surface area contributed by atoms with Gasteiger partial charge in [0, 0.05) is 11.3 Å². The molecule has 0 aliphatic carbocycles. The average Bonchev–Trinajstić information content (AvgIpc) is 2.67. The van der Waals surface area contributed by atoms with E-state index in [1.807, 2.05) is 45.9 Å². The van der Waals surface area contributed by atoms with E-state index in [4.69, 9.17) is 4.84 Å². The van der Waals surface area contributed by atoms with Crippen LogP contribution < -0.4 is 15.5 Å². The lowest BCUT2D eigenvalue weighted by Crippen LogP contribution is -2.35. The van der Waals surface area contributed by atoms with Gasteiger partial charge < -0.3 is 5.32 Å². The van der Waals surface area contributed by atoms with Crippen molar-refractivity contribution in [3.63, 3.8) is 0 Å². The number of carbonyl (C=O) groups excluding carboxylic acids is 1. The Bertz CT molecular complexity index is 1000. The van der Waals surface area contributed by atoms with Crippen LogP contribution in [0.5, 0.6) is 0 Å². The zero-order chi connectivity index (χ0) is 22.5.